The summed E-state index contributed by atoms with van der Waals surface area (Å²) in [7, 11) is 0. The number of carboxylic acid groups (broad SMARTS) is 1. The van der Waals surface area contributed by atoms with Crippen molar-refractivity contribution in [3.63, 3.8) is 0 Å². The number of ether oxygens (including phenoxy) is 1. The number of aliphatic hydroxyl groups excluding tert-OH is 1. The van der Waals surface area contributed by atoms with Crippen molar-refractivity contribution in [1.29, 1.82) is 0 Å². The van der Waals surface area contributed by atoms with Gasteiger partial charge in [0.2, 0.25) is 5.78 Å². The maximum absolute atomic E-state index is 13.1. The lowest BCUT2D eigenvalue weighted by Crippen LogP contribution is -2.62. The van der Waals surface area contributed by atoms with E-state index in [9.17, 15) is 29.4 Å². The van der Waals surface area contributed by atoms with Gasteiger partial charge < -0.3 is 20.1 Å². The number of fused-ring (bicyclic) bond motifs is 5. The zero-order chi connectivity index (χ0) is 25.1. The highest BCUT2D eigenvalue weighted by Gasteiger charge is 2.68. The maximum atomic E-state index is 13.1. The molecule has 0 saturated heterocycles. The van der Waals surface area contributed by atoms with E-state index in [0.717, 1.165) is 12.0 Å². The Bertz CT molecular complexity index is 981. The number of carboxylic acids is 1. The van der Waals surface area contributed by atoms with Crippen molar-refractivity contribution >= 4 is 23.5 Å². The molecule has 34 heavy (non-hydrogen) atoms. The molecule has 4 aliphatic carbocycles. The van der Waals surface area contributed by atoms with Gasteiger partial charge in [-0.15, -0.1) is 0 Å². The van der Waals surface area contributed by atoms with E-state index in [0.29, 0.717) is 6.42 Å². The van der Waals surface area contributed by atoms with E-state index >= 15 is 0 Å². The van der Waals surface area contributed by atoms with Crippen LogP contribution in [-0.2, 0) is 23.9 Å². The van der Waals surface area contributed by atoms with Gasteiger partial charge in [0.05, 0.1) is 18.9 Å². The molecule has 186 valence electrons. The van der Waals surface area contributed by atoms with Gasteiger partial charge in [-0.05, 0) is 55.6 Å². The second-order valence-corrected chi connectivity index (χ2v) is 11.1. The van der Waals surface area contributed by atoms with E-state index in [1.54, 1.807) is 12.2 Å². The summed E-state index contributed by atoms with van der Waals surface area (Å²) in [5, 5.41) is 31.7. The van der Waals surface area contributed by atoms with E-state index in [4.69, 9.17) is 9.84 Å². The number of aliphatic hydroxyl groups is 2. The molecule has 3 fully saturated rings. The Morgan fingerprint density at radius 2 is 1.91 bits per heavy atom. The molecule has 0 amide bonds. The summed E-state index contributed by atoms with van der Waals surface area (Å²) in [6, 6.07) is 0. The minimum atomic E-state index is -1.74. The third kappa shape index (κ3) is 3.66. The van der Waals surface area contributed by atoms with Crippen molar-refractivity contribution in [3.05, 3.63) is 23.8 Å². The zero-order valence-corrected chi connectivity index (χ0v) is 20.0. The first kappa shape index (κ1) is 24.8. The van der Waals surface area contributed by atoms with Gasteiger partial charge in [0.25, 0.3) is 0 Å². The number of hydrogen-bond acceptors (Lipinski definition) is 7. The molecule has 0 bridgehead atoms. The van der Waals surface area contributed by atoms with Crippen molar-refractivity contribution in [2.45, 2.75) is 71.0 Å². The second-order valence-electron chi connectivity index (χ2n) is 11.1. The van der Waals surface area contributed by atoms with E-state index in [1.165, 1.54) is 0 Å². The van der Waals surface area contributed by atoms with Crippen LogP contribution < -0.4 is 0 Å². The topological polar surface area (TPSA) is 138 Å². The maximum Gasteiger partial charge on any atom is 0.306 e. The van der Waals surface area contributed by atoms with E-state index in [1.807, 2.05) is 13.0 Å². The molecule has 0 spiro atoms. The van der Waals surface area contributed by atoms with Crippen LogP contribution in [0.2, 0.25) is 0 Å². The summed E-state index contributed by atoms with van der Waals surface area (Å²) in [5.41, 5.74) is -2.04. The number of aliphatic carboxylic acids is 1. The fourth-order valence-corrected chi connectivity index (χ4v) is 7.76. The van der Waals surface area contributed by atoms with Crippen molar-refractivity contribution in [2.24, 2.45) is 34.5 Å². The van der Waals surface area contributed by atoms with Gasteiger partial charge >= 0.3 is 11.9 Å². The first-order valence-electron chi connectivity index (χ1n) is 12.1. The number of ketones is 2. The molecule has 0 aromatic carbocycles. The SMILES string of the molecule is C[C@H]1C[C@@H]2[C@H]([C@H](O)C[C@@]3(C)[C@H]2CC[C@]3(O)C(=O)COC(=O)CCC(=O)O)[C@@]2(C)C=CC(=O)C=C12. The first-order chi connectivity index (χ1) is 15.8. The minimum Gasteiger partial charge on any atom is -0.481 e. The van der Waals surface area contributed by atoms with Gasteiger partial charge in [0, 0.05) is 16.7 Å². The Morgan fingerprint density at radius 3 is 2.59 bits per heavy atom. The van der Waals surface area contributed by atoms with Crippen LogP contribution in [0.15, 0.2) is 23.8 Å². The highest BCUT2D eigenvalue weighted by atomic mass is 16.5. The van der Waals surface area contributed by atoms with Crippen LogP contribution >= 0.6 is 0 Å². The van der Waals surface area contributed by atoms with Crippen LogP contribution in [0, 0.1) is 34.5 Å². The number of hydrogen-bond donors (Lipinski definition) is 3. The van der Waals surface area contributed by atoms with Crippen molar-refractivity contribution < 1.29 is 39.2 Å². The molecule has 0 radical (unpaired) electrons. The summed E-state index contributed by atoms with van der Waals surface area (Å²) < 4.78 is 4.98. The van der Waals surface area contributed by atoms with E-state index in [-0.39, 0.29) is 55.1 Å². The van der Waals surface area contributed by atoms with E-state index in [2.05, 4.69) is 13.8 Å². The Hall–Kier alpha value is -2.32. The predicted octanol–water partition coefficient (Wildman–Crippen LogP) is 2.22. The smallest absolute Gasteiger partial charge is 0.306 e. The van der Waals surface area contributed by atoms with E-state index < -0.39 is 46.9 Å². The van der Waals surface area contributed by atoms with Gasteiger partial charge in [-0.3, -0.25) is 19.2 Å². The fourth-order valence-electron chi connectivity index (χ4n) is 7.76. The summed E-state index contributed by atoms with van der Waals surface area (Å²) in [5.74, 6) is -2.51. The number of esters is 1. The van der Waals surface area contributed by atoms with Crippen LogP contribution in [0.4, 0.5) is 0 Å². The van der Waals surface area contributed by atoms with Gasteiger partial charge in [-0.2, -0.15) is 0 Å². The Balaban J connectivity index is 1.56. The summed E-state index contributed by atoms with van der Waals surface area (Å²) in [6.45, 7) is 5.40. The van der Waals surface area contributed by atoms with Crippen molar-refractivity contribution in [1.82, 2.24) is 0 Å². The molecular weight excluding hydrogens is 440 g/mol. The molecule has 0 aromatic heterocycles. The quantitative estimate of drug-likeness (QED) is 0.498. The molecule has 8 nitrogen and oxygen atoms in total. The summed E-state index contributed by atoms with van der Waals surface area (Å²) >= 11 is 0. The average Bonchev–Trinajstić information content (AvgIpc) is 3.03. The number of Topliss-reactive ketones (excluding diaryl/α,β-unsaturated/α-hetero) is 1. The molecular formula is C26H34O8. The molecule has 3 saturated carbocycles. The number of rotatable bonds is 6. The Kier molecular flexibility index (Phi) is 6.13. The predicted molar refractivity (Wildman–Crippen MR) is 120 cm³/mol. The lowest BCUT2D eigenvalue weighted by Gasteiger charge is -2.60. The normalized spacial score (nSPS) is 42.8. The lowest BCUT2D eigenvalue weighted by molar-refractivity contribution is -0.182. The number of carbonyl (C=O) groups is 4. The van der Waals surface area contributed by atoms with Crippen LogP contribution in [0.3, 0.4) is 0 Å². The van der Waals surface area contributed by atoms with Gasteiger partial charge in [0.15, 0.2) is 12.4 Å². The third-order valence-electron chi connectivity index (χ3n) is 9.34. The van der Waals surface area contributed by atoms with Gasteiger partial charge in [0.1, 0.15) is 5.60 Å². The largest absolute Gasteiger partial charge is 0.481 e. The highest BCUT2D eigenvalue weighted by molar-refractivity contribution is 6.01. The van der Waals surface area contributed by atoms with Gasteiger partial charge in [-0.25, -0.2) is 0 Å². The summed E-state index contributed by atoms with van der Waals surface area (Å²) in [6.07, 6.45) is 5.52. The van der Waals surface area contributed by atoms with Crippen LogP contribution in [0.25, 0.3) is 0 Å². The first-order valence-corrected chi connectivity index (χ1v) is 12.1. The number of allylic oxidation sites excluding steroid dienone is 4. The van der Waals surface area contributed by atoms with Crippen molar-refractivity contribution in [3.8, 4) is 0 Å². The van der Waals surface area contributed by atoms with Crippen LogP contribution in [0.1, 0.15) is 59.3 Å². The lowest BCUT2D eigenvalue weighted by atomic mass is 9.45. The number of carbonyl (C=O) groups excluding carboxylic acids is 3. The molecule has 8 atom stereocenters. The molecule has 4 aliphatic rings. The summed E-state index contributed by atoms with van der Waals surface area (Å²) in [4.78, 5) is 47.7. The minimum absolute atomic E-state index is 0.00980. The Morgan fingerprint density at radius 1 is 1.21 bits per heavy atom. The van der Waals surface area contributed by atoms with Crippen LogP contribution in [0.5, 0.6) is 0 Å². The molecule has 3 N–H and O–H groups in total. The molecule has 0 heterocycles. The molecule has 0 aromatic rings. The molecule has 4 rings (SSSR count). The fraction of sp³-hybridized carbons (Fsp3) is 0.692. The highest BCUT2D eigenvalue weighted by Crippen LogP contribution is 2.67. The molecule has 0 aliphatic heterocycles. The second kappa shape index (κ2) is 8.41. The Labute approximate surface area is 199 Å². The monoisotopic (exact) mass is 474 g/mol. The van der Waals surface area contributed by atoms with Crippen molar-refractivity contribution in [2.75, 3.05) is 6.61 Å². The molecule has 8 heteroatoms. The standard InChI is InChI=1S/C26H34O8/c1-14-10-16-17-7-9-26(33,20(29)13-34-22(32)5-4-21(30)31)25(17,3)12-19(28)23(16)24(2)8-6-15(27)11-18(14)24/h6,8,11,14,16-17,19,23,28,33H,4-5,7,9-10,12-13H2,1-3H3,(H,30,31)/t14-,16-,17-,19+,23+,24-,25-,26-/m0/s1. The zero-order valence-electron chi connectivity index (χ0n) is 20.0. The molecule has 0 unspecified atom stereocenters. The average molecular weight is 475 g/mol. The van der Waals surface area contributed by atoms with Gasteiger partial charge in [-0.1, -0.05) is 32.4 Å². The third-order valence-corrected chi connectivity index (χ3v) is 9.34. The van der Waals surface area contributed by atoms with Crippen LogP contribution in [-0.4, -0.2) is 57.1 Å².